The maximum atomic E-state index is 13.6. The third-order valence-corrected chi connectivity index (χ3v) is 5.29. The van der Waals surface area contributed by atoms with Gasteiger partial charge in [-0.05, 0) is 61.0 Å². The van der Waals surface area contributed by atoms with Gasteiger partial charge in [0.2, 0.25) is 5.91 Å². The number of nitrogens with one attached hydrogen (secondary N) is 1. The van der Waals surface area contributed by atoms with Gasteiger partial charge in [0.15, 0.2) is 0 Å². The second-order valence-electron chi connectivity index (χ2n) is 7.48. The van der Waals surface area contributed by atoms with E-state index in [1.54, 1.807) is 29.2 Å². The molecule has 0 unspecified atom stereocenters. The highest BCUT2D eigenvalue weighted by Gasteiger charge is 2.42. The minimum atomic E-state index is -0.497. The fourth-order valence-corrected chi connectivity index (χ4v) is 3.85. The molecule has 1 N–H and O–H groups in total. The molecule has 166 valence electrons. The van der Waals surface area contributed by atoms with E-state index in [2.05, 4.69) is 5.32 Å². The van der Waals surface area contributed by atoms with Gasteiger partial charge in [-0.2, -0.15) is 0 Å². The van der Waals surface area contributed by atoms with E-state index >= 15 is 0 Å². The summed E-state index contributed by atoms with van der Waals surface area (Å²) < 4.78 is 13.5. The van der Waals surface area contributed by atoms with Crippen molar-refractivity contribution in [3.05, 3.63) is 95.9 Å². The molecule has 0 radical (unpaired) electrons. The number of rotatable bonds is 6. The number of carbonyl (C=O) groups excluding carboxylic acids is 3. The van der Waals surface area contributed by atoms with Gasteiger partial charge < -0.3 is 10.2 Å². The molecule has 0 aliphatic carbocycles. The molecule has 0 saturated heterocycles. The van der Waals surface area contributed by atoms with E-state index in [4.69, 9.17) is 0 Å². The minimum absolute atomic E-state index is 0.210. The molecule has 1 heterocycles. The Labute approximate surface area is 190 Å². The van der Waals surface area contributed by atoms with E-state index in [9.17, 15) is 18.8 Å². The summed E-state index contributed by atoms with van der Waals surface area (Å²) in [5.41, 5.74) is 2.66. The van der Waals surface area contributed by atoms with Crippen LogP contribution in [0.15, 0.2) is 84.6 Å². The minimum Gasteiger partial charge on any atom is -0.337 e. The van der Waals surface area contributed by atoms with E-state index in [0.717, 1.165) is 10.6 Å². The zero-order valence-electron chi connectivity index (χ0n) is 18.2. The molecule has 0 fully saturated rings. The Kier molecular flexibility index (Phi) is 6.04. The number of carbonyl (C=O) groups is 3. The number of imide groups is 1. The van der Waals surface area contributed by atoms with E-state index in [1.807, 2.05) is 37.3 Å². The normalized spacial score (nSPS) is 13.5. The first kappa shape index (κ1) is 22.0. The third kappa shape index (κ3) is 4.25. The van der Waals surface area contributed by atoms with Crippen molar-refractivity contribution in [2.24, 2.45) is 0 Å². The Morgan fingerprint density at radius 3 is 2.12 bits per heavy atom. The molecule has 6 nitrogen and oxygen atoms in total. The van der Waals surface area contributed by atoms with E-state index in [-0.39, 0.29) is 22.9 Å². The average molecular weight is 443 g/mol. The predicted octanol–water partition coefficient (Wildman–Crippen LogP) is 4.60. The molecule has 0 saturated carbocycles. The first-order chi connectivity index (χ1) is 15.9. The van der Waals surface area contributed by atoms with Gasteiger partial charge in [0.1, 0.15) is 11.5 Å². The third-order valence-electron chi connectivity index (χ3n) is 5.29. The number of hydrogen-bond acceptors (Lipinski definition) is 4. The molecular formula is C26H22FN3O3. The maximum Gasteiger partial charge on any atom is 0.282 e. The van der Waals surface area contributed by atoms with Gasteiger partial charge in [0.25, 0.3) is 11.8 Å². The number of benzene rings is 3. The molecule has 33 heavy (non-hydrogen) atoms. The molecule has 1 aliphatic heterocycles. The topological polar surface area (TPSA) is 69.7 Å². The average Bonchev–Trinajstić information content (AvgIpc) is 3.06. The monoisotopic (exact) mass is 443 g/mol. The Morgan fingerprint density at radius 1 is 0.909 bits per heavy atom. The number of nitrogens with zero attached hydrogens (tertiary/aromatic N) is 2. The predicted molar refractivity (Wildman–Crippen MR) is 126 cm³/mol. The lowest BCUT2D eigenvalue weighted by atomic mass is 10.0. The Bertz CT molecular complexity index is 1240. The van der Waals surface area contributed by atoms with Gasteiger partial charge in [-0.1, -0.05) is 30.3 Å². The van der Waals surface area contributed by atoms with Crippen LogP contribution in [0.25, 0.3) is 5.57 Å². The summed E-state index contributed by atoms with van der Waals surface area (Å²) in [6.45, 7) is 3.76. The van der Waals surface area contributed by atoms with Crippen LogP contribution in [0.4, 0.5) is 21.5 Å². The van der Waals surface area contributed by atoms with Crippen LogP contribution in [0, 0.1) is 5.82 Å². The maximum absolute atomic E-state index is 13.6. The summed E-state index contributed by atoms with van der Waals surface area (Å²) >= 11 is 0. The highest BCUT2D eigenvalue weighted by molar-refractivity contribution is 6.46. The summed E-state index contributed by atoms with van der Waals surface area (Å²) in [5, 5.41) is 2.69. The van der Waals surface area contributed by atoms with Crippen molar-refractivity contribution in [2.45, 2.75) is 13.8 Å². The first-order valence-corrected chi connectivity index (χ1v) is 10.5. The second kappa shape index (κ2) is 9.08. The molecule has 3 aromatic rings. The summed E-state index contributed by atoms with van der Waals surface area (Å²) in [6, 6.07) is 21.3. The highest BCUT2D eigenvalue weighted by atomic mass is 19.1. The molecule has 1 aliphatic rings. The lowest BCUT2D eigenvalue weighted by Gasteiger charge is -2.25. The molecule has 3 aromatic carbocycles. The molecule has 0 bridgehead atoms. The summed E-state index contributed by atoms with van der Waals surface area (Å²) in [6.07, 6.45) is 0. The second-order valence-corrected chi connectivity index (χ2v) is 7.48. The van der Waals surface area contributed by atoms with E-state index < -0.39 is 17.6 Å². The van der Waals surface area contributed by atoms with Gasteiger partial charge in [0.05, 0.1) is 11.3 Å². The fraction of sp³-hybridized carbons (Fsp3) is 0.115. The first-order valence-electron chi connectivity index (χ1n) is 10.5. The largest absolute Gasteiger partial charge is 0.337 e. The van der Waals surface area contributed by atoms with Gasteiger partial charge in [-0.25, -0.2) is 9.29 Å². The van der Waals surface area contributed by atoms with Crippen molar-refractivity contribution in [3.63, 3.8) is 0 Å². The number of halogens is 1. The zero-order chi connectivity index (χ0) is 23.5. The van der Waals surface area contributed by atoms with Gasteiger partial charge >= 0.3 is 0 Å². The van der Waals surface area contributed by atoms with Gasteiger partial charge in [-0.15, -0.1) is 0 Å². The number of para-hydroxylation sites is 1. The Morgan fingerprint density at radius 2 is 1.55 bits per heavy atom. The number of amides is 3. The SMILES string of the molecule is CCN(C1=C(c2ccc(NC(C)=O)cc2)C(=O)N(c2ccc(F)cc2)C1=O)c1ccccc1. The zero-order valence-corrected chi connectivity index (χ0v) is 18.2. The molecule has 0 atom stereocenters. The Hall–Kier alpha value is -4.26. The highest BCUT2D eigenvalue weighted by Crippen LogP contribution is 2.37. The molecule has 0 spiro atoms. The van der Waals surface area contributed by atoms with Crippen LogP contribution < -0.4 is 15.1 Å². The van der Waals surface area contributed by atoms with Crippen molar-refractivity contribution in [2.75, 3.05) is 21.7 Å². The molecule has 7 heteroatoms. The van der Waals surface area contributed by atoms with Gasteiger partial charge in [0, 0.05) is 24.8 Å². The standard InChI is InChI=1S/C26H22FN3O3/c1-3-29(21-7-5-4-6-8-21)24-23(18-9-13-20(14-10-18)28-17(2)31)25(32)30(26(24)33)22-15-11-19(27)12-16-22/h4-16H,3H2,1-2H3,(H,28,31). The Balaban J connectivity index is 1.85. The number of hydrogen-bond donors (Lipinski definition) is 1. The van der Waals surface area contributed by atoms with E-state index in [0.29, 0.717) is 17.8 Å². The molecular weight excluding hydrogens is 421 g/mol. The number of anilines is 3. The van der Waals surface area contributed by atoms with E-state index in [1.165, 1.54) is 31.2 Å². The lowest BCUT2D eigenvalue weighted by Crippen LogP contribution is -2.35. The van der Waals surface area contributed by atoms with Crippen LogP contribution in [0.2, 0.25) is 0 Å². The van der Waals surface area contributed by atoms with Crippen LogP contribution in [0.5, 0.6) is 0 Å². The van der Waals surface area contributed by atoms with Crippen LogP contribution in [0.1, 0.15) is 19.4 Å². The molecule has 4 rings (SSSR count). The lowest BCUT2D eigenvalue weighted by molar-refractivity contribution is -0.120. The van der Waals surface area contributed by atoms with Crippen molar-refractivity contribution < 1.29 is 18.8 Å². The molecule has 0 aromatic heterocycles. The van der Waals surface area contributed by atoms with Gasteiger partial charge in [-0.3, -0.25) is 14.4 Å². The number of likely N-dealkylation sites (N-methyl/N-ethyl adjacent to an activating group) is 1. The van der Waals surface area contributed by atoms with Crippen molar-refractivity contribution in [3.8, 4) is 0 Å². The fourth-order valence-electron chi connectivity index (χ4n) is 3.85. The van der Waals surface area contributed by atoms with Crippen LogP contribution >= 0.6 is 0 Å². The summed E-state index contributed by atoms with van der Waals surface area (Å²) in [5.74, 6) is -1.65. The smallest absolute Gasteiger partial charge is 0.282 e. The van der Waals surface area contributed by atoms with Crippen molar-refractivity contribution >= 4 is 40.4 Å². The summed E-state index contributed by atoms with van der Waals surface area (Å²) in [4.78, 5) is 41.4. The molecule has 3 amide bonds. The summed E-state index contributed by atoms with van der Waals surface area (Å²) in [7, 11) is 0. The van der Waals surface area contributed by atoms with Crippen molar-refractivity contribution in [1.29, 1.82) is 0 Å². The van der Waals surface area contributed by atoms with Crippen LogP contribution in [-0.4, -0.2) is 24.3 Å². The van der Waals surface area contributed by atoms with Crippen LogP contribution in [-0.2, 0) is 14.4 Å². The quantitative estimate of drug-likeness (QED) is 0.566. The van der Waals surface area contributed by atoms with Crippen LogP contribution in [0.3, 0.4) is 0 Å². The van der Waals surface area contributed by atoms with Crippen molar-refractivity contribution in [1.82, 2.24) is 0 Å².